The van der Waals surface area contributed by atoms with Gasteiger partial charge in [0.25, 0.3) is 0 Å². The fourth-order valence-corrected chi connectivity index (χ4v) is 1.76. The van der Waals surface area contributed by atoms with Crippen molar-refractivity contribution < 1.29 is 9.53 Å². The Balaban J connectivity index is 2.34. The fourth-order valence-electron chi connectivity index (χ4n) is 1.76. The van der Waals surface area contributed by atoms with E-state index in [2.05, 4.69) is 22.5 Å². The molecule has 0 radical (unpaired) electrons. The van der Waals surface area contributed by atoms with E-state index in [0.717, 1.165) is 18.0 Å². The second-order valence-electron chi connectivity index (χ2n) is 4.82. The predicted molar refractivity (Wildman–Crippen MR) is 77.6 cm³/mol. The number of carbonyl (C=O) groups is 1. The zero-order valence-corrected chi connectivity index (χ0v) is 12.1. The minimum absolute atomic E-state index is 0.0456. The Labute approximate surface area is 114 Å². The summed E-state index contributed by atoms with van der Waals surface area (Å²) in [5.74, 6) is 0.728. The molecule has 0 spiro atoms. The van der Waals surface area contributed by atoms with E-state index in [1.165, 1.54) is 0 Å². The Kier molecular flexibility index (Phi) is 6.32. The summed E-state index contributed by atoms with van der Waals surface area (Å²) < 4.78 is 5.06. The van der Waals surface area contributed by atoms with Crippen LogP contribution in [-0.2, 0) is 4.79 Å². The van der Waals surface area contributed by atoms with Gasteiger partial charge in [-0.15, -0.1) is 0 Å². The van der Waals surface area contributed by atoms with E-state index in [1.54, 1.807) is 7.11 Å². The molecule has 0 saturated heterocycles. The Morgan fingerprint density at radius 1 is 1.32 bits per heavy atom. The molecule has 0 aromatic heterocycles. The van der Waals surface area contributed by atoms with Crippen molar-refractivity contribution >= 4 is 11.6 Å². The third-order valence-corrected chi connectivity index (χ3v) is 2.62. The Hall–Kier alpha value is -1.59. The van der Waals surface area contributed by atoms with E-state index >= 15 is 0 Å². The number of methoxy groups -OCH3 is 1. The third kappa shape index (κ3) is 6.22. The van der Waals surface area contributed by atoms with Gasteiger partial charge < -0.3 is 20.3 Å². The van der Waals surface area contributed by atoms with Crippen molar-refractivity contribution in [2.24, 2.45) is 0 Å². The number of benzene rings is 1. The van der Waals surface area contributed by atoms with Crippen LogP contribution in [-0.4, -0.2) is 51.1 Å². The van der Waals surface area contributed by atoms with Crippen LogP contribution in [0, 0.1) is 0 Å². The van der Waals surface area contributed by atoms with E-state index in [4.69, 9.17) is 4.74 Å². The molecule has 0 bridgehead atoms. The molecule has 106 valence electrons. The summed E-state index contributed by atoms with van der Waals surface area (Å²) in [7, 11) is 5.63. The summed E-state index contributed by atoms with van der Waals surface area (Å²) in [4.78, 5) is 13.8. The molecular weight excluding hydrogens is 242 g/mol. The highest BCUT2D eigenvalue weighted by atomic mass is 16.5. The van der Waals surface area contributed by atoms with Gasteiger partial charge in [0.1, 0.15) is 5.75 Å². The van der Waals surface area contributed by atoms with E-state index in [-0.39, 0.29) is 11.9 Å². The maximum absolute atomic E-state index is 11.7. The molecule has 19 heavy (non-hydrogen) atoms. The van der Waals surface area contributed by atoms with Gasteiger partial charge in [-0.1, -0.05) is 0 Å². The maximum Gasteiger partial charge on any atom is 0.238 e. The third-order valence-electron chi connectivity index (χ3n) is 2.62. The number of hydrogen-bond donors (Lipinski definition) is 2. The average Bonchev–Trinajstić information content (AvgIpc) is 2.36. The van der Waals surface area contributed by atoms with Crippen molar-refractivity contribution in [3.63, 3.8) is 0 Å². The first kappa shape index (κ1) is 15.5. The zero-order valence-electron chi connectivity index (χ0n) is 12.1. The lowest BCUT2D eigenvalue weighted by Gasteiger charge is -2.18. The Morgan fingerprint density at radius 3 is 2.47 bits per heavy atom. The van der Waals surface area contributed by atoms with Crippen molar-refractivity contribution in [3.8, 4) is 5.75 Å². The smallest absolute Gasteiger partial charge is 0.238 e. The van der Waals surface area contributed by atoms with Crippen molar-refractivity contribution in [3.05, 3.63) is 24.3 Å². The van der Waals surface area contributed by atoms with Crippen molar-refractivity contribution in [2.45, 2.75) is 13.0 Å². The van der Waals surface area contributed by atoms with E-state index < -0.39 is 0 Å². The van der Waals surface area contributed by atoms with Crippen molar-refractivity contribution in [2.75, 3.05) is 39.6 Å². The molecule has 0 fully saturated rings. The number of nitrogens with zero attached hydrogens (tertiary/aromatic N) is 1. The topological polar surface area (TPSA) is 53.6 Å². The van der Waals surface area contributed by atoms with Gasteiger partial charge in [0.15, 0.2) is 0 Å². The molecule has 1 aromatic rings. The van der Waals surface area contributed by atoms with Crippen molar-refractivity contribution in [1.29, 1.82) is 0 Å². The Bertz CT molecular complexity index is 390. The second kappa shape index (κ2) is 7.76. The highest BCUT2D eigenvalue weighted by Gasteiger charge is 2.06. The first-order chi connectivity index (χ1) is 9.01. The zero-order chi connectivity index (χ0) is 14.3. The quantitative estimate of drug-likeness (QED) is 0.777. The number of nitrogens with one attached hydrogen (secondary N) is 2. The highest BCUT2D eigenvalue weighted by molar-refractivity contribution is 5.92. The number of amides is 1. The Morgan fingerprint density at radius 2 is 1.95 bits per heavy atom. The van der Waals surface area contributed by atoms with Crippen LogP contribution in [0.2, 0.25) is 0 Å². The van der Waals surface area contributed by atoms with Crippen LogP contribution in [0.15, 0.2) is 24.3 Å². The normalized spacial score (nSPS) is 12.3. The number of anilines is 1. The standard InChI is InChI=1S/C14H23N3O2/c1-11(10-17(2)3)15-9-14(18)16-12-5-7-13(19-4)8-6-12/h5-8,11,15H,9-10H2,1-4H3,(H,16,18). The molecule has 0 aliphatic heterocycles. The van der Waals surface area contributed by atoms with Gasteiger partial charge in [-0.2, -0.15) is 0 Å². The molecule has 1 rings (SSSR count). The van der Waals surface area contributed by atoms with Gasteiger partial charge in [0.2, 0.25) is 5.91 Å². The predicted octanol–water partition coefficient (Wildman–Crippen LogP) is 1.17. The lowest BCUT2D eigenvalue weighted by atomic mass is 10.3. The van der Waals surface area contributed by atoms with Gasteiger partial charge >= 0.3 is 0 Å². The largest absolute Gasteiger partial charge is 0.497 e. The number of ether oxygens (including phenoxy) is 1. The average molecular weight is 265 g/mol. The molecule has 0 saturated carbocycles. The van der Waals surface area contributed by atoms with Crippen LogP contribution in [0.25, 0.3) is 0 Å². The van der Waals surface area contributed by atoms with Gasteiger partial charge in [0.05, 0.1) is 13.7 Å². The highest BCUT2D eigenvalue weighted by Crippen LogP contribution is 2.14. The summed E-state index contributed by atoms with van der Waals surface area (Å²) in [5, 5.41) is 6.01. The fraction of sp³-hybridized carbons (Fsp3) is 0.500. The molecular formula is C14H23N3O2. The van der Waals surface area contributed by atoms with Crippen LogP contribution < -0.4 is 15.4 Å². The summed E-state index contributed by atoms with van der Waals surface area (Å²) in [6, 6.07) is 7.55. The molecule has 0 heterocycles. The van der Waals surface area contributed by atoms with Crippen molar-refractivity contribution in [1.82, 2.24) is 10.2 Å². The van der Waals surface area contributed by atoms with E-state index in [1.807, 2.05) is 38.4 Å². The van der Waals surface area contributed by atoms with Crippen LogP contribution in [0.3, 0.4) is 0 Å². The number of hydrogen-bond acceptors (Lipinski definition) is 4. The lowest BCUT2D eigenvalue weighted by Crippen LogP contribution is -2.40. The first-order valence-electron chi connectivity index (χ1n) is 6.33. The van der Waals surface area contributed by atoms with E-state index in [0.29, 0.717) is 6.54 Å². The molecule has 5 nitrogen and oxygen atoms in total. The number of rotatable bonds is 7. The summed E-state index contributed by atoms with van der Waals surface area (Å²) in [6.45, 7) is 3.26. The molecule has 5 heteroatoms. The number of carbonyl (C=O) groups excluding carboxylic acids is 1. The van der Waals surface area contributed by atoms with Crippen LogP contribution in [0.4, 0.5) is 5.69 Å². The molecule has 1 atom stereocenters. The molecule has 1 amide bonds. The number of likely N-dealkylation sites (N-methyl/N-ethyl adjacent to an activating group) is 1. The molecule has 2 N–H and O–H groups in total. The van der Waals surface area contributed by atoms with Crippen LogP contribution in [0.1, 0.15) is 6.92 Å². The molecule has 0 aliphatic carbocycles. The van der Waals surface area contributed by atoms with Gasteiger partial charge in [-0.3, -0.25) is 4.79 Å². The monoisotopic (exact) mass is 265 g/mol. The first-order valence-corrected chi connectivity index (χ1v) is 6.33. The summed E-state index contributed by atoms with van der Waals surface area (Å²) in [6.07, 6.45) is 0. The molecule has 0 aliphatic rings. The molecule has 1 aromatic carbocycles. The molecule has 1 unspecified atom stereocenters. The van der Waals surface area contributed by atoms with Gasteiger partial charge in [-0.05, 0) is 45.3 Å². The maximum atomic E-state index is 11.7. The summed E-state index contributed by atoms with van der Waals surface area (Å²) in [5.41, 5.74) is 0.771. The van der Waals surface area contributed by atoms with E-state index in [9.17, 15) is 4.79 Å². The summed E-state index contributed by atoms with van der Waals surface area (Å²) >= 11 is 0. The second-order valence-corrected chi connectivity index (χ2v) is 4.82. The van der Waals surface area contributed by atoms with Crippen LogP contribution in [0.5, 0.6) is 5.75 Å². The minimum Gasteiger partial charge on any atom is -0.497 e. The minimum atomic E-state index is -0.0456. The SMILES string of the molecule is COc1ccc(NC(=O)CNC(C)CN(C)C)cc1. The lowest BCUT2D eigenvalue weighted by molar-refractivity contribution is -0.115. The van der Waals surface area contributed by atoms with Gasteiger partial charge in [0, 0.05) is 18.3 Å². The van der Waals surface area contributed by atoms with Crippen LogP contribution >= 0.6 is 0 Å². The van der Waals surface area contributed by atoms with Gasteiger partial charge in [-0.25, -0.2) is 0 Å².